The second-order valence-corrected chi connectivity index (χ2v) is 8.00. The van der Waals surface area contributed by atoms with Crippen molar-refractivity contribution in [3.05, 3.63) is 30.1 Å². The van der Waals surface area contributed by atoms with E-state index in [4.69, 9.17) is 0 Å². The Balaban J connectivity index is 1.34. The van der Waals surface area contributed by atoms with Crippen LogP contribution in [0.5, 0.6) is 0 Å². The van der Waals surface area contributed by atoms with Crippen molar-refractivity contribution in [1.29, 1.82) is 0 Å². The summed E-state index contributed by atoms with van der Waals surface area (Å²) < 4.78 is 0. The van der Waals surface area contributed by atoms with Crippen molar-refractivity contribution in [3.8, 4) is 0 Å². The highest BCUT2D eigenvalue weighted by Gasteiger charge is 2.49. The smallest absolute Gasteiger partial charge is 0.230 e. The molecular weight excluding hydrogens is 314 g/mol. The third-order valence-electron chi connectivity index (χ3n) is 6.06. The fourth-order valence-corrected chi connectivity index (χ4v) is 4.36. The van der Waals surface area contributed by atoms with E-state index < -0.39 is 0 Å². The van der Waals surface area contributed by atoms with Gasteiger partial charge in [-0.15, -0.1) is 0 Å². The Kier molecular flexibility index (Phi) is 4.48. The molecule has 0 bridgehead atoms. The topological polar surface area (TPSA) is 53.5 Å². The molecule has 2 aliphatic heterocycles. The number of aryl methyl sites for hydroxylation is 1. The summed E-state index contributed by atoms with van der Waals surface area (Å²) in [5.74, 6) is 1.22. The van der Waals surface area contributed by atoms with E-state index in [1.54, 1.807) is 6.20 Å². The summed E-state index contributed by atoms with van der Waals surface area (Å²) in [6.45, 7) is 3.20. The first-order chi connectivity index (χ1) is 12.2. The molecule has 25 heavy (non-hydrogen) atoms. The first-order valence-electron chi connectivity index (χ1n) is 9.62. The number of rotatable bonds is 5. The number of hydrogen-bond donors (Lipinski definition) is 0. The van der Waals surface area contributed by atoms with Gasteiger partial charge in [0.15, 0.2) is 0 Å². The van der Waals surface area contributed by atoms with Gasteiger partial charge in [0.05, 0.1) is 5.41 Å². The summed E-state index contributed by atoms with van der Waals surface area (Å²) in [5, 5.41) is 0. The van der Waals surface area contributed by atoms with Crippen molar-refractivity contribution in [3.63, 3.8) is 0 Å². The van der Waals surface area contributed by atoms with E-state index in [2.05, 4.69) is 9.88 Å². The Labute approximate surface area is 149 Å². The number of aromatic nitrogens is 1. The Morgan fingerprint density at radius 2 is 2.16 bits per heavy atom. The van der Waals surface area contributed by atoms with Gasteiger partial charge in [-0.05, 0) is 56.1 Å². The van der Waals surface area contributed by atoms with Crippen molar-refractivity contribution in [2.24, 2.45) is 11.3 Å². The molecule has 1 spiro atoms. The monoisotopic (exact) mass is 341 g/mol. The molecule has 1 aromatic heterocycles. The molecule has 3 aliphatic rings. The number of likely N-dealkylation sites (tertiary alicyclic amines) is 2. The van der Waals surface area contributed by atoms with E-state index in [0.29, 0.717) is 18.9 Å². The predicted molar refractivity (Wildman–Crippen MR) is 94.7 cm³/mol. The molecule has 0 radical (unpaired) electrons. The normalized spacial score (nSPS) is 26.5. The number of carbonyl (C=O) groups excluding carboxylic acids is 2. The second kappa shape index (κ2) is 6.77. The van der Waals surface area contributed by atoms with Crippen LogP contribution in [-0.4, -0.2) is 52.8 Å². The molecule has 5 nitrogen and oxygen atoms in total. The highest BCUT2D eigenvalue weighted by atomic mass is 16.2. The van der Waals surface area contributed by atoms with E-state index in [-0.39, 0.29) is 11.3 Å². The molecule has 1 aromatic rings. The van der Waals surface area contributed by atoms with Gasteiger partial charge in [-0.2, -0.15) is 0 Å². The van der Waals surface area contributed by atoms with E-state index >= 15 is 0 Å². The molecule has 134 valence electrons. The van der Waals surface area contributed by atoms with Crippen LogP contribution < -0.4 is 0 Å². The lowest BCUT2D eigenvalue weighted by atomic mass is 9.78. The first kappa shape index (κ1) is 16.6. The highest BCUT2D eigenvalue weighted by molar-refractivity contribution is 5.86. The van der Waals surface area contributed by atoms with Gasteiger partial charge in [-0.1, -0.05) is 6.07 Å². The zero-order valence-electron chi connectivity index (χ0n) is 14.8. The second-order valence-electron chi connectivity index (χ2n) is 8.00. The van der Waals surface area contributed by atoms with Gasteiger partial charge in [0.2, 0.25) is 11.8 Å². The average molecular weight is 341 g/mol. The molecule has 1 atom stereocenters. The molecule has 0 aromatic carbocycles. The predicted octanol–water partition coefficient (Wildman–Crippen LogP) is 2.27. The van der Waals surface area contributed by atoms with Gasteiger partial charge >= 0.3 is 0 Å². The van der Waals surface area contributed by atoms with Crippen LogP contribution in [-0.2, 0) is 16.0 Å². The fourth-order valence-electron chi connectivity index (χ4n) is 4.36. The quantitative estimate of drug-likeness (QED) is 0.825. The van der Waals surface area contributed by atoms with E-state index in [0.717, 1.165) is 56.8 Å². The van der Waals surface area contributed by atoms with Crippen molar-refractivity contribution in [1.82, 2.24) is 14.8 Å². The molecule has 2 amide bonds. The minimum absolute atomic E-state index is 0.174. The summed E-state index contributed by atoms with van der Waals surface area (Å²) in [7, 11) is 0. The van der Waals surface area contributed by atoms with Crippen LogP contribution in [0.2, 0.25) is 0 Å². The molecule has 5 heteroatoms. The minimum Gasteiger partial charge on any atom is -0.342 e. The number of hydrogen-bond acceptors (Lipinski definition) is 3. The molecule has 1 aliphatic carbocycles. The lowest BCUT2D eigenvalue weighted by Crippen LogP contribution is -2.50. The molecular formula is C20H27N3O2. The van der Waals surface area contributed by atoms with Crippen LogP contribution in [0.4, 0.5) is 0 Å². The fraction of sp³-hybridized carbons (Fsp3) is 0.650. The molecule has 4 rings (SSSR count). The van der Waals surface area contributed by atoms with Crippen LogP contribution in [0.3, 0.4) is 0 Å². The average Bonchev–Trinajstić information content (AvgIpc) is 3.35. The molecule has 2 saturated heterocycles. The lowest BCUT2D eigenvalue weighted by Gasteiger charge is -2.39. The number of amides is 2. The maximum atomic E-state index is 13.0. The zero-order chi connectivity index (χ0) is 17.3. The van der Waals surface area contributed by atoms with E-state index in [9.17, 15) is 9.59 Å². The van der Waals surface area contributed by atoms with Gasteiger partial charge in [-0.25, -0.2) is 0 Å². The van der Waals surface area contributed by atoms with Crippen LogP contribution in [0.15, 0.2) is 24.5 Å². The van der Waals surface area contributed by atoms with E-state index in [1.807, 2.05) is 23.2 Å². The molecule has 1 saturated carbocycles. The third kappa shape index (κ3) is 3.55. The Morgan fingerprint density at radius 1 is 1.28 bits per heavy atom. The van der Waals surface area contributed by atoms with Crippen molar-refractivity contribution < 1.29 is 9.59 Å². The van der Waals surface area contributed by atoms with Gasteiger partial charge in [0.25, 0.3) is 0 Å². The van der Waals surface area contributed by atoms with Crippen molar-refractivity contribution in [2.45, 2.75) is 44.9 Å². The SMILES string of the molecule is O=C(CCc1cccnc1)N1CC[C@@]2(CCCN(CC3CC3)C2=O)C1. The summed E-state index contributed by atoms with van der Waals surface area (Å²) in [6, 6.07) is 3.91. The van der Waals surface area contributed by atoms with E-state index in [1.165, 1.54) is 12.8 Å². The van der Waals surface area contributed by atoms with Crippen molar-refractivity contribution >= 4 is 11.8 Å². The minimum atomic E-state index is -0.295. The third-order valence-corrected chi connectivity index (χ3v) is 6.06. The van der Waals surface area contributed by atoms with Crippen LogP contribution in [0.25, 0.3) is 0 Å². The Morgan fingerprint density at radius 3 is 2.92 bits per heavy atom. The maximum absolute atomic E-state index is 13.0. The standard InChI is InChI=1S/C20H27N3O2/c24-18(7-6-16-3-1-10-21-13-16)23-12-9-20(15-23)8-2-11-22(19(20)25)14-17-4-5-17/h1,3,10,13,17H,2,4-9,11-12,14-15H2/t20-/m0/s1. The van der Waals surface area contributed by atoms with Gasteiger partial charge in [0.1, 0.15) is 0 Å². The summed E-state index contributed by atoms with van der Waals surface area (Å²) in [4.78, 5) is 33.8. The number of pyridine rings is 1. The van der Waals surface area contributed by atoms with Crippen LogP contribution in [0.1, 0.15) is 44.1 Å². The Hall–Kier alpha value is -1.91. The lowest BCUT2D eigenvalue weighted by molar-refractivity contribution is -0.146. The number of piperidine rings is 1. The summed E-state index contributed by atoms with van der Waals surface area (Å²) >= 11 is 0. The molecule has 0 unspecified atom stereocenters. The first-order valence-corrected chi connectivity index (χ1v) is 9.62. The largest absolute Gasteiger partial charge is 0.342 e. The van der Waals surface area contributed by atoms with Gasteiger partial charge in [-0.3, -0.25) is 14.6 Å². The molecule has 3 heterocycles. The summed E-state index contributed by atoms with van der Waals surface area (Å²) in [5.41, 5.74) is 0.797. The highest BCUT2D eigenvalue weighted by Crippen LogP contribution is 2.41. The van der Waals surface area contributed by atoms with Crippen LogP contribution >= 0.6 is 0 Å². The molecule has 0 N–H and O–H groups in total. The van der Waals surface area contributed by atoms with Crippen LogP contribution in [0, 0.1) is 11.3 Å². The Bertz CT molecular complexity index is 644. The number of nitrogens with zero attached hydrogens (tertiary/aromatic N) is 3. The summed E-state index contributed by atoms with van der Waals surface area (Å²) in [6.07, 6.45) is 10.2. The maximum Gasteiger partial charge on any atom is 0.230 e. The van der Waals surface area contributed by atoms with Gasteiger partial charge in [0, 0.05) is 45.0 Å². The number of carbonyl (C=O) groups is 2. The van der Waals surface area contributed by atoms with Crippen molar-refractivity contribution in [2.75, 3.05) is 26.2 Å². The zero-order valence-corrected chi connectivity index (χ0v) is 14.8. The molecule has 3 fully saturated rings. The van der Waals surface area contributed by atoms with Gasteiger partial charge < -0.3 is 9.80 Å².